The molecule has 1 aliphatic heterocycles. The van der Waals surface area contributed by atoms with E-state index in [4.69, 9.17) is 0 Å². The van der Waals surface area contributed by atoms with Gasteiger partial charge in [0.2, 0.25) is 11.8 Å². The van der Waals surface area contributed by atoms with E-state index < -0.39 is 0 Å². The first kappa shape index (κ1) is 14.8. The van der Waals surface area contributed by atoms with E-state index in [2.05, 4.69) is 19.1 Å². The zero-order chi connectivity index (χ0) is 14.8. The molecular formula is C18H27NO2. The normalized spacial score (nSPS) is 33.3. The first-order valence-corrected chi connectivity index (χ1v) is 8.77. The molecule has 116 valence electrons. The SMILES string of the molecule is CCCCCCCCCN1C(=O)[C@@H]2[C@H](C1=O)[C@H]1C=C[C@@H]2C1. The van der Waals surface area contributed by atoms with Crippen molar-refractivity contribution < 1.29 is 9.59 Å². The minimum absolute atomic E-state index is 0.0166. The third-order valence-electron chi connectivity index (χ3n) is 5.55. The molecule has 0 aromatic rings. The Morgan fingerprint density at radius 2 is 1.43 bits per heavy atom. The van der Waals surface area contributed by atoms with Crippen LogP contribution in [0.2, 0.25) is 0 Å². The summed E-state index contributed by atoms with van der Waals surface area (Å²) in [4.78, 5) is 26.5. The highest BCUT2D eigenvalue weighted by Crippen LogP contribution is 2.52. The van der Waals surface area contributed by atoms with E-state index in [1.807, 2.05) is 0 Å². The average Bonchev–Trinajstić information content (AvgIpc) is 3.15. The number of unbranched alkanes of at least 4 members (excludes halogenated alkanes) is 6. The predicted octanol–water partition coefficient (Wildman–Crippen LogP) is 3.54. The van der Waals surface area contributed by atoms with Crippen molar-refractivity contribution in [2.45, 2.75) is 58.3 Å². The van der Waals surface area contributed by atoms with Gasteiger partial charge in [0.05, 0.1) is 11.8 Å². The van der Waals surface area contributed by atoms with Crippen LogP contribution in [0.4, 0.5) is 0 Å². The van der Waals surface area contributed by atoms with Crippen molar-refractivity contribution in [1.29, 1.82) is 0 Å². The molecule has 2 bridgehead atoms. The smallest absolute Gasteiger partial charge is 0.233 e. The molecule has 3 nitrogen and oxygen atoms in total. The molecule has 0 aromatic carbocycles. The van der Waals surface area contributed by atoms with Gasteiger partial charge in [0.1, 0.15) is 0 Å². The van der Waals surface area contributed by atoms with Crippen LogP contribution in [0.3, 0.4) is 0 Å². The van der Waals surface area contributed by atoms with Crippen LogP contribution in [0.1, 0.15) is 58.3 Å². The second kappa shape index (κ2) is 6.33. The molecule has 0 radical (unpaired) electrons. The van der Waals surface area contributed by atoms with E-state index >= 15 is 0 Å². The number of hydrogen-bond donors (Lipinski definition) is 0. The number of amides is 2. The summed E-state index contributed by atoms with van der Waals surface area (Å²) >= 11 is 0. The Kier molecular flexibility index (Phi) is 4.46. The van der Waals surface area contributed by atoms with Crippen LogP contribution in [-0.4, -0.2) is 23.3 Å². The van der Waals surface area contributed by atoms with Gasteiger partial charge in [-0.2, -0.15) is 0 Å². The standard InChI is InChI=1S/C18H27NO2/c1-2-3-4-5-6-7-8-11-19-17(20)15-13-9-10-14(12-13)16(15)18(19)21/h9-10,13-16H,2-8,11-12H2,1H3/t13-,14+,15+,16-. The van der Waals surface area contributed by atoms with Gasteiger partial charge in [-0.05, 0) is 24.7 Å². The molecule has 3 aliphatic rings. The maximum atomic E-state index is 12.5. The third-order valence-corrected chi connectivity index (χ3v) is 5.55. The lowest BCUT2D eigenvalue weighted by Gasteiger charge is -2.16. The molecule has 0 aromatic heterocycles. The quantitative estimate of drug-likeness (QED) is 0.389. The highest BCUT2D eigenvalue weighted by molar-refractivity contribution is 6.06. The summed E-state index contributed by atoms with van der Waals surface area (Å²) in [7, 11) is 0. The Bertz CT molecular complexity index is 412. The second-order valence-electron chi connectivity index (χ2n) is 6.95. The largest absolute Gasteiger partial charge is 0.282 e. The summed E-state index contributed by atoms with van der Waals surface area (Å²) in [5.74, 6) is 0.890. The Morgan fingerprint density at radius 3 is 2.00 bits per heavy atom. The van der Waals surface area contributed by atoms with Gasteiger partial charge < -0.3 is 0 Å². The van der Waals surface area contributed by atoms with Gasteiger partial charge in [-0.3, -0.25) is 14.5 Å². The fourth-order valence-corrected chi connectivity index (χ4v) is 4.41. The minimum atomic E-state index is -0.0166. The van der Waals surface area contributed by atoms with E-state index in [1.54, 1.807) is 4.90 Å². The lowest BCUT2D eigenvalue weighted by atomic mass is 9.85. The predicted molar refractivity (Wildman–Crippen MR) is 82.4 cm³/mol. The molecule has 2 aliphatic carbocycles. The zero-order valence-corrected chi connectivity index (χ0v) is 13.1. The van der Waals surface area contributed by atoms with Crippen LogP contribution >= 0.6 is 0 Å². The van der Waals surface area contributed by atoms with E-state index in [0.29, 0.717) is 18.4 Å². The lowest BCUT2D eigenvalue weighted by Crippen LogP contribution is -2.33. The summed E-state index contributed by atoms with van der Waals surface area (Å²) in [5, 5.41) is 0. The molecule has 0 spiro atoms. The van der Waals surface area contributed by atoms with Gasteiger partial charge in [-0.25, -0.2) is 0 Å². The molecule has 3 heteroatoms. The van der Waals surface area contributed by atoms with E-state index in [0.717, 1.165) is 19.3 Å². The zero-order valence-electron chi connectivity index (χ0n) is 13.1. The summed E-state index contributed by atoms with van der Waals surface area (Å²) in [5.41, 5.74) is 0. The molecule has 3 rings (SSSR count). The Hall–Kier alpha value is -1.12. The topological polar surface area (TPSA) is 37.4 Å². The number of imide groups is 1. The molecule has 1 saturated heterocycles. The van der Waals surface area contributed by atoms with Crippen LogP contribution in [0.5, 0.6) is 0 Å². The second-order valence-corrected chi connectivity index (χ2v) is 6.95. The molecular weight excluding hydrogens is 262 g/mol. The van der Waals surface area contributed by atoms with Crippen molar-refractivity contribution in [1.82, 2.24) is 4.90 Å². The van der Waals surface area contributed by atoms with Gasteiger partial charge in [0.15, 0.2) is 0 Å². The molecule has 1 heterocycles. The van der Waals surface area contributed by atoms with Crippen LogP contribution in [-0.2, 0) is 9.59 Å². The lowest BCUT2D eigenvalue weighted by molar-refractivity contribution is -0.140. The molecule has 4 atom stereocenters. The number of allylic oxidation sites excluding steroid dienone is 2. The van der Waals surface area contributed by atoms with Crippen molar-refractivity contribution in [3.8, 4) is 0 Å². The van der Waals surface area contributed by atoms with Crippen molar-refractivity contribution in [3.05, 3.63) is 12.2 Å². The fraction of sp³-hybridized carbons (Fsp3) is 0.778. The van der Waals surface area contributed by atoms with E-state index in [1.165, 1.54) is 32.1 Å². The summed E-state index contributed by atoms with van der Waals surface area (Å²) in [6.07, 6.45) is 13.9. The number of rotatable bonds is 8. The van der Waals surface area contributed by atoms with E-state index in [9.17, 15) is 9.59 Å². The van der Waals surface area contributed by atoms with Gasteiger partial charge in [0, 0.05) is 6.54 Å². The van der Waals surface area contributed by atoms with Gasteiger partial charge >= 0.3 is 0 Å². The molecule has 0 N–H and O–H groups in total. The summed E-state index contributed by atoms with van der Waals surface area (Å²) < 4.78 is 0. The fourth-order valence-electron chi connectivity index (χ4n) is 4.41. The molecule has 2 amide bonds. The average molecular weight is 289 g/mol. The highest BCUT2D eigenvalue weighted by atomic mass is 16.2. The maximum Gasteiger partial charge on any atom is 0.233 e. The molecule has 0 unspecified atom stereocenters. The van der Waals surface area contributed by atoms with Crippen LogP contribution in [0.25, 0.3) is 0 Å². The van der Waals surface area contributed by atoms with Crippen LogP contribution in [0.15, 0.2) is 12.2 Å². The number of fused-ring (bicyclic) bond motifs is 5. The number of carbonyl (C=O) groups excluding carboxylic acids is 2. The van der Waals surface area contributed by atoms with Crippen LogP contribution in [0, 0.1) is 23.7 Å². The first-order chi connectivity index (χ1) is 10.2. The van der Waals surface area contributed by atoms with Gasteiger partial charge in [-0.1, -0.05) is 57.6 Å². The first-order valence-electron chi connectivity index (χ1n) is 8.77. The van der Waals surface area contributed by atoms with Crippen LogP contribution < -0.4 is 0 Å². The van der Waals surface area contributed by atoms with E-state index in [-0.39, 0.29) is 23.7 Å². The third kappa shape index (κ3) is 2.67. The number of hydrogen-bond acceptors (Lipinski definition) is 2. The number of likely N-dealkylation sites (tertiary alicyclic amines) is 1. The molecule has 1 saturated carbocycles. The highest BCUT2D eigenvalue weighted by Gasteiger charge is 2.58. The molecule has 21 heavy (non-hydrogen) atoms. The van der Waals surface area contributed by atoms with Crippen molar-refractivity contribution >= 4 is 11.8 Å². The summed E-state index contributed by atoms with van der Waals surface area (Å²) in [6.45, 7) is 2.88. The Balaban J connectivity index is 1.43. The summed E-state index contributed by atoms with van der Waals surface area (Å²) in [6, 6.07) is 0. The van der Waals surface area contributed by atoms with Gasteiger partial charge in [0.25, 0.3) is 0 Å². The van der Waals surface area contributed by atoms with Crippen molar-refractivity contribution in [2.24, 2.45) is 23.7 Å². The number of nitrogens with zero attached hydrogens (tertiary/aromatic N) is 1. The van der Waals surface area contributed by atoms with Crippen molar-refractivity contribution in [3.63, 3.8) is 0 Å². The number of carbonyl (C=O) groups is 2. The Labute approximate surface area is 127 Å². The van der Waals surface area contributed by atoms with Crippen molar-refractivity contribution in [2.75, 3.05) is 6.54 Å². The van der Waals surface area contributed by atoms with Gasteiger partial charge in [-0.15, -0.1) is 0 Å². The molecule has 2 fully saturated rings. The monoisotopic (exact) mass is 289 g/mol. The maximum absolute atomic E-state index is 12.5. The minimum Gasteiger partial charge on any atom is -0.282 e. The Morgan fingerprint density at radius 1 is 0.905 bits per heavy atom.